The highest BCUT2D eigenvalue weighted by Gasteiger charge is 2.08. The van der Waals surface area contributed by atoms with Gasteiger partial charge in [0.2, 0.25) is 0 Å². The third-order valence-electron chi connectivity index (χ3n) is 3.68. The van der Waals surface area contributed by atoms with Crippen LogP contribution in [0, 0.1) is 0 Å². The van der Waals surface area contributed by atoms with Crippen molar-refractivity contribution >= 4 is 7.60 Å². The molecule has 0 spiro atoms. The molecular weight excluding hydrogens is 307 g/mol. The Morgan fingerprint density at radius 1 is 0.826 bits per heavy atom. The van der Waals surface area contributed by atoms with Crippen LogP contribution in [-0.4, -0.2) is 18.2 Å². The lowest BCUT2D eigenvalue weighted by atomic mass is 10.1. The molecule has 0 aliphatic carbocycles. The van der Waals surface area contributed by atoms with Gasteiger partial charge in [0, 0.05) is 6.66 Å². The molecule has 1 atom stereocenters. The molecule has 3 nitrogen and oxygen atoms in total. The zero-order chi connectivity index (χ0) is 17.2. The molecule has 23 heavy (non-hydrogen) atoms. The lowest BCUT2D eigenvalue weighted by Gasteiger charge is -2.06. The van der Waals surface area contributed by atoms with Crippen LogP contribution in [0.15, 0.2) is 24.3 Å². The highest BCUT2D eigenvalue weighted by Crippen LogP contribution is 2.36. The molecule has 136 valence electrons. The van der Waals surface area contributed by atoms with Crippen LogP contribution in [0.1, 0.15) is 84.0 Å². The predicted molar refractivity (Wildman–Crippen MR) is 101 cm³/mol. The van der Waals surface area contributed by atoms with Gasteiger partial charge >= 0.3 is 7.60 Å². The Labute approximate surface area is 143 Å². The van der Waals surface area contributed by atoms with E-state index in [0.717, 1.165) is 19.3 Å². The third-order valence-corrected chi connectivity index (χ3v) is 4.34. The van der Waals surface area contributed by atoms with Gasteiger partial charge in [0.15, 0.2) is 0 Å². The van der Waals surface area contributed by atoms with E-state index in [1.165, 1.54) is 64.5 Å². The number of unbranched alkanes of at least 4 members (excludes halogenated alkanes) is 9. The first-order valence-electron chi connectivity index (χ1n) is 9.31. The molecule has 0 rings (SSSR count). The summed E-state index contributed by atoms with van der Waals surface area (Å²) in [5.41, 5.74) is 0. The Kier molecular flexibility index (Phi) is 16.2. The molecule has 0 saturated heterocycles. The maximum absolute atomic E-state index is 10.9. The van der Waals surface area contributed by atoms with Crippen molar-refractivity contribution < 1.29 is 14.0 Å². The van der Waals surface area contributed by atoms with Crippen LogP contribution < -0.4 is 0 Å². The van der Waals surface area contributed by atoms with E-state index >= 15 is 0 Å². The zero-order valence-corrected chi connectivity index (χ0v) is 16.1. The van der Waals surface area contributed by atoms with Crippen molar-refractivity contribution in [1.82, 2.24) is 0 Å². The summed E-state index contributed by atoms with van der Waals surface area (Å²) in [6.07, 6.45) is 23.5. The fraction of sp³-hybridized carbons (Fsp3) is 0.789. The van der Waals surface area contributed by atoms with Gasteiger partial charge in [0.05, 0.1) is 6.61 Å². The number of hydrogen-bond donors (Lipinski definition) is 1. The fourth-order valence-corrected chi connectivity index (χ4v) is 2.78. The average molecular weight is 344 g/mol. The van der Waals surface area contributed by atoms with Gasteiger partial charge in [0.25, 0.3) is 0 Å². The Balaban J connectivity index is 3.18. The third kappa shape index (κ3) is 21.6. The van der Waals surface area contributed by atoms with Gasteiger partial charge in [-0.1, -0.05) is 76.2 Å². The van der Waals surface area contributed by atoms with Gasteiger partial charge in [-0.2, -0.15) is 0 Å². The summed E-state index contributed by atoms with van der Waals surface area (Å²) < 4.78 is 15.7. The molecule has 0 bridgehead atoms. The first-order chi connectivity index (χ1) is 11.1. The van der Waals surface area contributed by atoms with E-state index in [4.69, 9.17) is 9.42 Å². The quantitative estimate of drug-likeness (QED) is 0.194. The van der Waals surface area contributed by atoms with E-state index in [2.05, 4.69) is 31.2 Å². The maximum Gasteiger partial charge on any atom is 0.325 e. The lowest BCUT2D eigenvalue weighted by molar-refractivity contribution is 0.257. The largest absolute Gasteiger partial charge is 0.325 e. The van der Waals surface area contributed by atoms with E-state index in [1.54, 1.807) is 0 Å². The molecule has 0 aliphatic heterocycles. The SMILES string of the molecule is CCCCC=CCC=CCCCCCCCCCOP(C)(=O)O. The summed E-state index contributed by atoms with van der Waals surface area (Å²) in [5.74, 6) is 0. The summed E-state index contributed by atoms with van der Waals surface area (Å²) in [6, 6.07) is 0. The maximum atomic E-state index is 10.9. The molecule has 0 radical (unpaired) electrons. The van der Waals surface area contributed by atoms with Crippen LogP contribution in [-0.2, 0) is 9.09 Å². The molecule has 0 heterocycles. The second-order valence-electron chi connectivity index (χ2n) is 6.22. The minimum atomic E-state index is -3.27. The topological polar surface area (TPSA) is 46.5 Å². The molecule has 0 amide bonds. The molecule has 0 fully saturated rings. The molecule has 0 aromatic heterocycles. The van der Waals surface area contributed by atoms with Crippen LogP contribution in [0.4, 0.5) is 0 Å². The second-order valence-corrected chi connectivity index (χ2v) is 8.08. The van der Waals surface area contributed by atoms with Crippen molar-refractivity contribution in [3.8, 4) is 0 Å². The minimum absolute atomic E-state index is 0.405. The summed E-state index contributed by atoms with van der Waals surface area (Å²) in [5, 5.41) is 0. The van der Waals surface area contributed by atoms with Crippen LogP contribution in [0.3, 0.4) is 0 Å². The second kappa shape index (κ2) is 16.5. The van der Waals surface area contributed by atoms with E-state index in [9.17, 15) is 4.57 Å². The molecule has 4 heteroatoms. The number of hydrogen-bond acceptors (Lipinski definition) is 2. The van der Waals surface area contributed by atoms with Crippen molar-refractivity contribution in [2.45, 2.75) is 84.0 Å². The Morgan fingerprint density at radius 3 is 1.91 bits per heavy atom. The average Bonchev–Trinajstić information content (AvgIpc) is 2.49. The van der Waals surface area contributed by atoms with Crippen molar-refractivity contribution in [1.29, 1.82) is 0 Å². The van der Waals surface area contributed by atoms with Crippen LogP contribution in [0.25, 0.3) is 0 Å². The monoisotopic (exact) mass is 344 g/mol. The predicted octanol–water partition coefficient (Wildman–Crippen LogP) is 6.63. The Bertz CT molecular complexity index is 345. The first kappa shape index (κ1) is 22.6. The highest BCUT2D eigenvalue weighted by molar-refractivity contribution is 7.51. The summed E-state index contributed by atoms with van der Waals surface area (Å²) in [6.45, 7) is 3.87. The number of rotatable bonds is 16. The molecule has 0 aromatic carbocycles. The molecule has 0 aliphatic rings. The fourth-order valence-electron chi connectivity index (χ4n) is 2.31. The molecule has 1 N–H and O–H groups in total. The van der Waals surface area contributed by atoms with E-state index in [1.807, 2.05) is 0 Å². The van der Waals surface area contributed by atoms with Gasteiger partial charge in [-0.3, -0.25) is 4.57 Å². The zero-order valence-electron chi connectivity index (χ0n) is 15.2. The van der Waals surface area contributed by atoms with Gasteiger partial charge in [0.1, 0.15) is 0 Å². The van der Waals surface area contributed by atoms with Crippen molar-refractivity contribution in [3.63, 3.8) is 0 Å². The van der Waals surface area contributed by atoms with Gasteiger partial charge < -0.3 is 9.42 Å². The van der Waals surface area contributed by atoms with E-state index < -0.39 is 7.60 Å². The smallest absolute Gasteiger partial charge is 0.324 e. The standard InChI is InChI=1S/C19H37O3P/c1-3-4-5-6-7-8-9-10-11-12-13-14-15-16-17-18-19-22-23(2,20)21/h6-7,9-10H,3-5,8,11-19H2,1-2H3,(H,20,21). The van der Waals surface area contributed by atoms with Gasteiger partial charge in [-0.05, 0) is 32.1 Å². The van der Waals surface area contributed by atoms with Crippen molar-refractivity contribution in [2.24, 2.45) is 0 Å². The Hall–Kier alpha value is -0.370. The summed E-state index contributed by atoms with van der Waals surface area (Å²) in [7, 11) is -3.27. The van der Waals surface area contributed by atoms with Gasteiger partial charge in [-0.15, -0.1) is 0 Å². The molecule has 0 saturated carbocycles. The van der Waals surface area contributed by atoms with Crippen LogP contribution in [0.2, 0.25) is 0 Å². The van der Waals surface area contributed by atoms with Gasteiger partial charge in [-0.25, -0.2) is 0 Å². The highest BCUT2D eigenvalue weighted by atomic mass is 31.2. The first-order valence-corrected chi connectivity index (χ1v) is 11.3. The van der Waals surface area contributed by atoms with Crippen LogP contribution in [0.5, 0.6) is 0 Å². The van der Waals surface area contributed by atoms with Crippen LogP contribution >= 0.6 is 7.60 Å². The molecule has 0 aromatic rings. The number of allylic oxidation sites excluding steroid dienone is 4. The molecule has 1 unspecified atom stereocenters. The summed E-state index contributed by atoms with van der Waals surface area (Å²) in [4.78, 5) is 8.97. The van der Waals surface area contributed by atoms with Crippen molar-refractivity contribution in [2.75, 3.05) is 13.3 Å². The van der Waals surface area contributed by atoms with E-state index in [0.29, 0.717) is 6.61 Å². The Morgan fingerprint density at radius 2 is 1.35 bits per heavy atom. The molecular formula is C19H37O3P. The minimum Gasteiger partial charge on any atom is -0.324 e. The van der Waals surface area contributed by atoms with E-state index in [-0.39, 0.29) is 0 Å². The van der Waals surface area contributed by atoms with Crippen molar-refractivity contribution in [3.05, 3.63) is 24.3 Å². The lowest BCUT2D eigenvalue weighted by Crippen LogP contribution is -1.91. The normalized spacial score (nSPS) is 14.7. The summed E-state index contributed by atoms with van der Waals surface area (Å²) >= 11 is 0.